The molecule has 3 aromatic rings. The summed E-state index contributed by atoms with van der Waals surface area (Å²) < 4.78 is 0.738. The minimum absolute atomic E-state index is 0.00450. The maximum Gasteiger partial charge on any atom is 0.296 e. The summed E-state index contributed by atoms with van der Waals surface area (Å²) in [5.41, 5.74) is 2.06. The van der Waals surface area contributed by atoms with Crippen molar-refractivity contribution < 1.29 is 19.6 Å². The Morgan fingerprint density at radius 1 is 1.18 bits per heavy atom. The summed E-state index contributed by atoms with van der Waals surface area (Å²) >= 11 is 2.58. The zero-order valence-electron chi connectivity index (χ0n) is 21.1. The topological polar surface area (TPSA) is 126 Å². The maximum absolute atomic E-state index is 13.6. The van der Waals surface area contributed by atoms with Crippen molar-refractivity contribution in [3.63, 3.8) is 0 Å². The Kier molecular flexibility index (Phi) is 7.45. The van der Waals surface area contributed by atoms with Gasteiger partial charge in [-0.1, -0.05) is 67.3 Å². The highest BCUT2D eigenvalue weighted by Crippen LogP contribution is 2.45. The van der Waals surface area contributed by atoms with Crippen LogP contribution in [0.3, 0.4) is 0 Å². The Morgan fingerprint density at radius 2 is 1.90 bits per heavy atom. The summed E-state index contributed by atoms with van der Waals surface area (Å²) in [5, 5.41) is 22.3. The van der Waals surface area contributed by atoms with Crippen LogP contribution < -0.4 is 4.90 Å². The highest BCUT2D eigenvalue weighted by molar-refractivity contribution is 8.01. The summed E-state index contributed by atoms with van der Waals surface area (Å²) in [7, 11) is 0. The molecule has 5 rings (SSSR count). The first-order valence-corrected chi connectivity index (χ1v) is 13.9. The quantitative estimate of drug-likeness (QED) is 0.245. The number of thiazole rings is 1. The van der Waals surface area contributed by atoms with Crippen molar-refractivity contribution in [1.82, 2.24) is 4.98 Å². The largest absolute Gasteiger partial charge is 0.503 e. The lowest BCUT2D eigenvalue weighted by Gasteiger charge is -2.25. The highest BCUT2D eigenvalue weighted by atomic mass is 32.2. The van der Waals surface area contributed by atoms with Gasteiger partial charge >= 0.3 is 0 Å². The number of hydrogen-bond acceptors (Lipinski definition) is 9. The second-order valence-corrected chi connectivity index (χ2v) is 11.7. The maximum atomic E-state index is 13.6. The van der Waals surface area contributed by atoms with Gasteiger partial charge in [0.05, 0.1) is 32.7 Å². The third-order valence-electron chi connectivity index (χ3n) is 6.46. The number of allylic oxidation sites excluding steroid dienone is 1. The van der Waals surface area contributed by atoms with Crippen LogP contribution in [0.25, 0.3) is 0 Å². The number of nitrogens with zero attached hydrogens (tertiary/aromatic N) is 4. The standard InChI is InChI=1S/C28H24N4O5S2/c1-16(2)17-6-8-18(9-7-17)24-23(25(33)21-5-3-4-14-29-21)26(34)27(35)31(24)28-30-15-22(39-28)38-20-12-10-19(11-13-20)32(36)37/h4,6-16,24,34H,3,5H2,1-2H3. The van der Waals surface area contributed by atoms with Gasteiger partial charge < -0.3 is 5.11 Å². The van der Waals surface area contributed by atoms with E-state index in [0.29, 0.717) is 35.2 Å². The Labute approximate surface area is 232 Å². The van der Waals surface area contributed by atoms with Crippen molar-refractivity contribution in [2.75, 3.05) is 4.90 Å². The van der Waals surface area contributed by atoms with E-state index in [9.17, 15) is 24.8 Å². The Bertz CT molecular complexity index is 1540. The number of nitro benzene ring substituents is 1. The van der Waals surface area contributed by atoms with E-state index in [0.717, 1.165) is 14.7 Å². The van der Waals surface area contributed by atoms with Crippen LogP contribution in [0.5, 0.6) is 0 Å². The summed E-state index contributed by atoms with van der Waals surface area (Å²) in [4.78, 5) is 48.3. The molecule has 9 nitrogen and oxygen atoms in total. The van der Waals surface area contributed by atoms with Gasteiger partial charge in [0.25, 0.3) is 11.6 Å². The molecular formula is C28H24N4O5S2. The zero-order valence-corrected chi connectivity index (χ0v) is 22.7. The molecule has 3 heterocycles. The number of benzene rings is 2. The molecule has 1 aromatic heterocycles. The minimum Gasteiger partial charge on any atom is -0.503 e. The van der Waals surface area contributed by atoms with Gasteiger partial charge in [-0.2, -0.15) is 0 Å². The molecule has 1 N–H and O–H groups in total. The summed E-state index contributed by atoms with van der Waals surface area (Å²) in [6, 6.07) is 12.9. The highest BCUT2D eigenvalue weighted by Gasteiger charge is 2.46. The van der Waals surface area contributed by atoms with Crippen LogP contribution in [0.4, 0.5) is 10.8 Å². The number of non-ortho nitro benzene ring substituents is 1. The van der Waals surface area contributed by atoms with E-state index in [1.165, 1.54) is 40.1 Å². The van der Waals surface area contributed by atoms with Crippen LogP contribution in [-0.2, 0) is 9.59 Å². The van der Waals surface area contributed by atoms with Crippen LogP contribution in [-0.4, -0.2) is 32.4 Å². The van der Waals surface area contributed by atoms with Gasteiger partial charge in [-0.15, -0.1) is 0 Å². The number of rotatable bonds is 8. The molecule has 0 radical (unpaired) electrons. The average molecular weight is 561 g/mol. The molecule has 0 spiro atoms. The first-order chi connectivity index (χ1) is 18.7. The number of aliphatic hydroxyl groups excluding tert-OH is 1. The van der Waals surface area contributed by atoms with Gasteiger partial charge in [-0.05, 0) is 42.0 Å². The molecule has 39 heavy (non-hydrogen) atoms. The second-order valence-electron chi connectivity index (χ2n) is 9.30. The Hall–Kier alpha value is -4.09. The number of amides is 1. The molecule has 198 valence electrons. The minimum atomic E-state index is -0.872. The predicted molar refractivity (Wildman–Crippen MR) is 151 cm³/mol. The van der Waals surface area contributed by atoms with Crippen LogP contribution in [0.15, 0.2) is 92.4 Å². The molecule has 0 aliphatic carbocycles. The number of aliphatic imine (C=N–C) groups is 1. The lowest BCUT2D eigenvalue weighted by atomic mass is 9.91. The molecule has 0 fully saturated rings. The lowest BCUT2D eigenvalue weighted by Crippen LogP contribution is -2.32. The molecule has 11 heteroatoms. The van der Waals surface area contributed by atoms with E-state index in [-0.39, 0.29) is 11.3 Å². The van der Waals surface area contributed by atoms with E-state index in [1.807, 2.05) is 30.3 Å². The molecule has 2 aliphatic heterocycles. The van der Waals surface area contributed by atoms with Crippen molar-refractivity contribution in [3.8, 4) is 0 Å². The number of Topliss-reactive ketones (excluding diaryl/α,β-unsaturated/α-hetero) is 1. The average Bonchev–Trinajstić information content (AvgIpc) is 3.50. The monoisotopic (exact) mass is 560 g/mol. The Morgan fingerprint density at radius 3 is 2.51 bits per heavy atom. The molecule has 2 aromatic carbocycles. The molecule has 0 bridgehead atoms. The number of nitro groups is 1. The molecule has 1 atom stereocenters. The van der Waals surface area contributed by atoms with Crippen molar-refractivity contribution >= 4 is 51.3 Å². The van der Waals surface area contributed by atoms with Gasteiger partial charge in [0.15, 0.2) is 10.9 Å². The van der Waals surface area contributed by atoms with Gasteiger partial charge in [-0.25, -0.2) is 4.98 Å². The van der Waals surface area contributed by atoms with E-state index in [4.69, 9.17) is 0 Å². The summed E-state index contributed by atoms with van der Waals surface area (Å²) in [6.07, 6.45) is 6.11. The van der Waals surface area contributed by atoms with E-state index in [1.54, 1.807) is 24.5 Å². The lowest BCUT2D eigenvalue weighted by molar-refractivity contribution is -0.384. The van der Waals surface area contributed by atoms with Gasteiger partial charge in [0.2, 0.25) is 5.78 Å². The normalized spacial score (nSPS) is 17.2. The molecule has 1 unspecified atom stereocenters. The first-order valence-electron chi connectivity index (χ1n) is 12.3. The van der Waals surface area contributed by atoms with E-state index < -0.39 is 28.4 Å². The van der Waals surface area contributed by atoms with Crippen molar-refractivity contribution in [2.24, 2.45) is 4.99 Å². The van der Waals surface area contributed by atoms with Gasteiger partial charge in [0.1, 0.15) is 0 Å². The van der Waals surface area contributed by atoms with E-state index in [2.05, 4.69) is 23.8 Å². The number of anilines is 1. The smallest absolute Gasteiger partial charge is 0.296 e. The second kappa shape index (κ2) is 11.0. The van der Waals surface area contributed by atoms with Crippen molar-refractivity contribution in [1.29, 1.82) is 0 Å². The zero-order chi connectivity index (χ0) is 27.7. The number of carbonyl (C=O) groups is 2. The van der Waals surface area contributed by atoms with Gasteiger partial charge in [-0.3, -0.25) is 29.6 Å². The van der Waals surface area contributed by atoms with Crippen LogP contribution in [0.1, 0.15) is 49.8 Å². The van der Waals surface area contributed by atoms with Gasteiger partial charge in [0, 0.05) is 23.2 Å². The van der Waals surface area contributed by atoms with Crippen LogP contribution in [0.2, 0.25) is 0 Å². The Balaban J connectivity index is 1.51. The summed E-state index contributed by atoms with van der Waals surface area (Å²) in [6.45, 7) is 4.16. The number of aliphatic hydroxyl groups is 1. The molecule has 1 amide bonds. The van der Waals surface area contributed by atoms with E-state index >= 15 is 0 Å². The fraction of sp³-hybridized carbons (Fsp3) is 0.214. The molecule has 0 saturated carbocycles. The molecule has 2 aliphatic rings. The fourth-order valence-electron chi connectivity index (χ4n) is 4.40. The predicted octanol–water partition coefficient (Wildman–Crippen LogP) is 6.54. The van der Waals surface area contributed by atoms with Crippen LogP contribution >= 0.6 is 23.1 Å². The summed E-state index contributed by atoms with van der Waals surface area (Å²) in [5.74, 6) is -1.46. The molecular weight excluding hydrogens is 536 g/mol. The number of ketones is 1. The SMILES string of the molecule is CC(C)c1ccc(C2C(C(=O)C3=NC=CCC3)=C(O)C(=O)N2c2ncc(Sc3ccc([N+](=O)[O-])cc3)s2)cc1. The molecule has 0 saturated heterocycles. The first kappa shape index (κ1) is 26.5. The number of aromatic nitrogens is 1. The number of carbonyl (C=O) groups excluding carboxylic acids is 2. The van der Waals surface area contributed by atoms with Crippen LogP contribution in [0, 0.1) is 10.1 Å². The third kappa shape index (κ3) is 5.27. The fourth-order valence-corrected chi connectivity index (χ4v) is 6.37. The number of hydrogen-bond donors (Lipinski definition) is 1. The van der Waals surface area contributed by atoms with Crippen molar-refractivity contribution in [2.45, 2.75) is 47.8 Å². The third-order valence-corrected chi connectivity index (χ3v) is 8.57. The van der Waals surface area contributed by atoms with Crippen molar-refractivity contribution in [3.05, 3.63) is 99.6 Å².